The van der Waals surface area contributed by atoms with Crippen LogP contribution in [-0.4, -0.2) is 84.7 Å². The van der Waals surface area contributed by atoms with Gasteiger partial charge in [0.05, 0.1) is 13.2 Å². The van der Waals surface area contributed by atoms with Crippen molar-refractivity contribution in [3.05, 3.63) is 65.5 Å². The van der Waals surface area contributed by atoms with Crippen molar-refractivity contribution in [3.63, 3.8) is 0 Å². The van der Waals surface area contributed by atoms with Gasteiger partial charge in [0, 0.05) is 50.4 Å². The molecule has 0 saturated carbocycles. The van der Waals surface area contributed by atoms with E-state index in [-0.39, 0.29) is 23.6 Å². The number of carboxylic acids is 2. The van der Waals surface area contributed by atoms with Crippen molar-refractivity contribution >= 4 is 23.6 Å². The Bertz CT molecular complexity index is 1150. The lowest BCUT2D eigenvalue weighted by Crippen LogP contribution is -2.40. The first-order valence-electron chi connectivity index (χ1n) is 13.7. The number of nitrogens with one attached hydrogen (secondary N) is 1. The Morgan fingerprint density at radius 3 is 1.95 bits per heavy atom. The van der Waals surface area contributed by atoms with E-state index in [4.69, 9.17) is 34.0 Å². The second kappa shape index (κ2) is 17.2. The van der Waals surface area contributed by atoms with Crippen molar-refractivity contribution in [1.82, 2.24) is 10.2 Å². The highest BCUT2D eigenvalue weighted by Crippen LogP contribution is 2.35. The summed E-state index contributed by atoms with van der Waals surface area (Å²) < 4.78 is 30.3. The Labute approximate surface area is 244 Å². The highest BCUT2D eigenvalue weighted by molar-refractivity contribution is 6.27. The van der Waals surface area contributed by atoms with Crippen LogP contribution in [0.5, 0.6) is 5.75 Å². The maximum atomic E-state index is 12.9. The fraction of sp³-hybridized carbons (Fsp3) is 0.467. The number of carbonyl (C=O) groups excluding carboxylic acids is 2. The molecule has 0 unspecified atom stereocenters. The monoisotopic (exact) mass is 590 g/mol. The Morgan fingerprint density at radius 1 is 0.952 bits per heavy atom. The molecule has 4 rings (SSSR count). The van der Waals surface area contributed by atoms with E-state index in [0.29, 0.717) is 18.8 Å². The molecule has 2 fully saturated rings. The minimum Gasteiger partial charge on any atom is -0.490 e. The number of ketones is 1. The molecule has 2 aliphatic rings. The molecule has 1 amide bonds. The van der Waals surface area contributed by atoms with Gasteiger partial charge in [0.2, 0.25) is 5.91 Å². The fourth-order valence-corrected chi connectivity index (χ4v) is 4.36. The number of Topliss-reactive ketones (excluding diaryl/α,β-unsaturated/α-hetero) is 1. The van der Waals surface area contributed by atoms with Crippen LogP contribution in [0.15, 0.2) is 48.5 Å². The van der Waals surface area contributed by atoms with Crippen molar-refractivity contribution in [2.75, 3.05) is 39.9 Å². The first-order chi connectivity index (χ1) is 20.0. The van der Waals surface area contributed by atoms with Crippen LogP contribution in [0.1, 0.15) is 55.5 Å². The standard InChI is InChI=1S/C15H19NO3.C13H18FNO2.C2H2O4/c1-11(17)13-3-5-14(6-4-13)19-15-7-9-16(10-8-15)12(2)18;1-15-8-2-7-13(16-9-10-17-13)11-3-5-12(14)6-4-11;3-1(4)2(5)6/h3-6,15H,7-10H2,1-2H3;3-6,15H,2,7-10H2,1H3;(H,3,4)(H,5,6). The summed E-state index contributed by atoms with van der Waals surface area (Å²) in [6, 6.07) is 13.6. The number of likely N-dealkylation sites (tertiary alicyclic amines) is 1. The number of benzene rings is 2. The van der Waals surface area contributed by atoms with Crippen LogP contribution in [0.25, 0.3) is 0 Å². The number of rotatable bonds is 8. The summed E-state index contributed by atoms with van der Waals surface area (Å²) in [5, 5.41) is 17.9. The van der Waals surface area contributed by atoms with Crippen LogP contribution in [0, 0.1) is 5.82 Å². The van der Waals surface area contributed by atoms with Gasteiger partial charge in [-0.3, -0.25) is 9.59 Å². The topological polar surface area (TPSA) is 152 Å². The molecule has 2 heterocycles. The third-order valence-corrected chi connectivity index (χ3v) is 6.60. The molecule has 3 N–H and O–H groups in total. The SMILES string of the molecule is CC(=O)c1ccc(OC2CCN(C(C)=O)CC2)cc1.CNCCCC1(c2ccc(F)cc2)OCCO1.O=C(O)C(=O)O. The molecule has 12 heteroatoms. The normalized spacial score (nSPS) is 15.9. The highest BCUT2D eigenvalue weighted by Gasteiger charge is 2.37. The predicted octanol–water partition coefficient (Wildman–Crippen LogP) is 3.46. The Balaban J connectivity index is 0.000000248. The third kappa shape index (κ3) is 11.2. The van der Waals surface area contributed by atoms with Gasteiger partial charge in [-0.25, -0.2) is 14.0 Å². The number of aliphatic carboxylic acids is 2. The van der Waals surface area contributed by atoms with Gasteiger partial charge in [-0.1, -0.05) is 12.1 Å². The zero-order valence-electron chi connectivity index (χ0n) is 24.1. The van der Waals surface area contributed by atoms with E-state index >= 15 is 0 Å². The summed E-state index contributed by atoms with van der Waals surface area (Å²) in [5.74, 6) is -3.59. The number of halogens is 1. The second-order valence-corrected chi connectivity index (χ2v) is 9.68. The Morgan fingerprint density at radius 2 is 1.50 bits per heavy atom. The Kier molecular flexibility index (Phi) is 14.0. The molecule has 11 nitrogen and oxygen atoms in total. The predicted molar refractivity (Wildman–Crippen MR) is 151 cm³/mol. The van der Waals surface area contributed by atoms with Crippen molar-refractivity contribution < 1.29 is 48.0 Å². The minimum absolute atomic E-state index is 0.0568. The minimum atomic E-state index is -1.82. The highest BCUT2D eigenvalue weighted by atomic mass is 19.1. The molecule has 0 bridgehead atoms. The quantitative estimate of drug-likeness (QED) is 0.237. The molecule has 2 aromatic carbocycles. The number of carbonyl (C=O) groups is 4. The van der Waals surface area contributed by atoms with Crippen molar-refractivity contribution in [1.29, 1.82) is 0 Å². The molecule has 0 aromatic heterocycles. The molecule has 0 spiro atoms. The third-order valence-electron chi connectivity index (χ3n) is 6.60. The molecule has 2 aromatic rings. The number of amides is 1. The summed E-state index contributed by atoms with van der Waals surface area (Å²) in [6.45, 7) is 6.76. The maximum Gasteiger partial charge on any atom is 0.414 e. The number of hydrogen-bond acceptors (Lipinski definition) is 8. The van der Waals surface area contributed by atoms with Crippen LogP contribution < -0.4 is 10.1 Å². The molecular weight excluding hydrogens is 551 g/mol. The lowest BCUT2D eigenvalue weighted by molar-refractivity contribution is -0.171. The first kappa shape index (κ1) is 34.3. The van der Waals surface area contributed by atoms with Gasteiger partial charge in [-0.2, -0.15) is 0 Å². The lowest BCUT2D eigenvalue weighted by Gasteiger charge is -2.31. The number of nitrogens with zero attached hydrogens (tertiary/aromatic N) is 1. The average Bonchev–Trinajstić information content (AvgIpc) is 3.45. The van der Waals surface area contributed by atoms with Gasteiger partial charge in [0.1, 0.15) is 17.7 Å². The van der Waals surface area contributed by atoms with E-state index in [1.165, 1.54) is 12.1 Å². The van der Waals surface area contributed by atoms with E-state index in [1.807, 2.05) is 24.1 Å². The molecular formula is C30H39FN2O9. The number of carboxylic acid groups (broad SMARTS) is 2. The number of ether oxygens (including phenoxy) is 3. The average molecular weight is 591 g/mol. The summed E-state index contributed by atoms with van der Waals surface area (Å²) in [5.41, 5.74) is 1.59. The van der Waals surface area contributed by atoms with Crippen molar-refractivity contribution in [2.24, 2.45) is 0 Å². The molecule has 2 saturated heterocycles. The van der Waals surface area contributed by atoms with Crippen molar-refractivity contribution in [2.45, 2.75) is 51.4 Å². The van der Waals surface area contributed by atoms with E-state index in [9.17, 15) is 14.0 Å². The smallest absolute Gasteiger partial charge is 0.414 e. The van der Waals surface area contributed by atoms with Gasteiger partial charge < -0.3 is 34.6 Å². The van der Waals surface area contributed by atoms with Gasteiger partial charge >= 0.3 is 11.9 Å². The lowest BCUT2D eigenvalue weighted by atomic mass is 10.0. The van der Waals surface area contributed by atoms with E-state index < -0.39 is 17.7 Å². The van der Waals surface area contributed by atoms with Crippen LogP contribution in [0.3, 0.4) is 0 Å². The molecule has 0 atom stereocenters. The maximum absolute atomic E-state index is 12.9. The van der Waals surface area contributed by atoms with E-state index in [1.54, 1.807) is 38.1 Å². The summed E-state index contributed by atoms with van der Waals surface area (Å²) in [4.78, 5) is 42.4. The largest absolute Gasteiger partial charge is 0.490 e. The van der Waals surface area contributed by atoms with Gasteiger partial charge in [0.25, 0.3) is 0 Å². The zero-order valence-corrected chi connectivity index (χ0v) is 24.1. The summed E-state index contributed by atoms with van der Waals surface area (Å²) in [7, 11) is 1.92. The summed E-state index contributed by atoms with van der Waals surface area (Å²) in [6.07, 6.45) is 3.59. The first-order valence-corrected chi connectivity index (χ1v) is 13.7. The molecule has 42 heavy (non-hydrogen) atoms. The van der Waals surface area contributed by atoms with Crippen LogP contribution >= 0.6 is 0 Å². The van der Waals surface area contributed by atoms with Gasteiger partial charge in [0.15, 0.2) is 11.6 Å². The molecule has 0 aliphatic carbocycles. The second-order valence-electron chi connectivity index (χ2n) is 9.68. The van der Waals surface area contributed by atoms with Gasteiger partial charge in [-0.15, -0.1) is 0 Å². The van der Waals surface area contributed by atoms with Gasteiger partial charge in [-0.05, 0) is 63.3 Å². The zero-order chi connectivity index (χ0) is 31.1. The number of hydrogen-bond donors (Lipinski definition) is 3. The molecule has 230 valence electrons. The molecule has 2 aliphatic heterocycles. The van der Waals surface area contributed by atoms with E-state index in [0.717, 1.165) is 56.6 Å². The molecule has 0 radical (unpaired) electrons. The number of piperidine rings is 1. The van der Waals surface area contributed by atoms with Crippen LogP contribution in [0.4, 0.5) is 4.39 Å². The van der Waals surface area contributed by atoms with Crippen molar-refractivity contribution in [3.8, 4) is 5.75 Å². The van der Waals surface area contributed by atoms with Crippen LogP contribution in [-0.2, 0) is 29.6 Å². The summed E-state index contributed by atoms with van der Waals surface area (Å²) >= 11 is 0. The van der Waals surface area contributed by atoms with Crippen LogP contribution in [0.2, 0.25) is 0 Å². The Hall–Kier alpha value is -3.87. The fourth-order valence-electron chi connectivity index (χ4n) is 4.36. The van der Waals surface area contributed by atoms with E-state index in [2.05, 4.69) is 5.32 Å².